The van der Waals surface area contributed by atoms with E-state index < -0.39 is 12.1 Å². The molecular formula is C24H24ClN5O2. The number of nitrogens with zero attached hydrogens (tertiary/aromatic N) is 3. The number of hydrogen-bond donors (Lipinski definition) is 2. The van der Waals surface area contributed by atoms with E-state index in [0.717, 1.165) is 11.3 Å². The highest BCUT2D eigenvalue weighted by Gasteiger charge is 2.30. The lowest BCUT2D eigenvalue weighted by Gasteiger charge is -2.37. The average molecular weight is 450 g/mol. The zero-order chi connectivity index (χ0) is 22.3. The Morgan fingerprint density at radius 3 is 2.19 bits per heavy atom. The van der Waals surface area contributed by atoms with Crippen molar-refractivity contribution in [3.63, 3.8) is 0 Å². The van der Waals surface area contributed by atoms with Crippen molar-refractivity contribution in [2.75, 3.05) is 36.4 Å². The Morgan fingerprint density at radius 1 is 0.875 bits per heavy atom. The molecule has 8 heteroatoms. The fraction of sp³-hybridized carbons (Fsp3) is 0.208. The molecule has 1 aliphatic rings. The predicted octanol–water partition coefficient (Wildman–Crippen LogP) is 3.95. The van der Waals surface area contributed by atoms with Crippen LogP contribution in [0.1, 0.15) is 11.6 Å². The van der Waals surface area contributed by atoms with E-state index in [1.807, 2.05) is 42.5 Å². The van der Waals surface area contributed by atoms with Gasteiger partial charge in [-0.15, -0.1) is 0 Å². The molecule has 0 spiro atoms. The number of rotatable bonds is 5. The summed E-state index contributed by atoms with van der Waals surface area (Å²) in [6.07, 6.45) is 3.53. The van der Waals surface area contributed by atoms with E-state index >= 15 is 0 Å². The van der Waals surface area contributed by atoms with Crippen LogP contribution in [0.4, 0.5) is 16.2 Å². The first-order valence-corrected chi connectivity index (χ1v) is 10.8. The number of hydrogen-bond acceptors (Lipinski definition) is 4. The minimum absolute atomic E-state index is 0.128. The van der Waals surface area contributed by atoms with E-state index in [1.54, 1.807) is 41.6 Å². The van der Waals surface area contributed by atoms with Gasteiger partial charge in [0.1, 0.15) is 6.04 Å². The maximum absolute atomic E-state index is 13.4. The summed E-state index contributed by atoms with van der Waals surface area (Å²) >= 11 is 5.90. The SMILES string of the molecule is O=C(Nc1ccc(Cl)cc1)N[C@@H](C(=O)N1CCN(c2ccncc2)CC1)c1ccccc1. The molecule has 32 heavy (non-hydrogen) atoms. The molecule has 0 saturated carbocycles. The number of pyridine rings is 1. The van der Waals surface area contributed by atoms with Gasteiger partial charge >= 0.3 is 6.03 Å². The van der Waals surface area contributed by atoms with Crippen LogP contribution in [0.15, 0.2) is 79.1 Å². The number of anilines is 2. The third-order valence-electron chi connectivity index (χ3n) is 5.38. The summed E-state index contributed by atoms with van der Waals surface area (Å²) in [7, 11) is 0. The number of carbonyl (C=O) groups excluding carboxylic acids is 2. The fourth-order valence-electron chi connectivity index (χ4n) is 3.69. The highest BCUT2D eigenvalue weighted by Crippen LogP contribution is 2.20. The molecule has 1 fully saturated rings. The summed E-state index contributed by atoms with van der Waals surface area (Å²) in [6, 6.07) is 18.8. The molecule has 0 aliphatic carbocycles. The molecule has 1 aliphatic heterocycles. The van der Waals surface area contributed by atoms with Gasteiger partial charge in [0, 0.05) is 55.0 Å². The zero-order valence-electron chi connectivity index (χ0n) is 17.4. The van der Waals surface area contributed by atoms with Gasteiger partial charge in [0.2, 0.25) is 5.91 Å². The molecule has 7 nitrogen and oxygen atoms in total. The summed E-state index contributed by atoms with van der Waals surface area (Å²) in [4.78, 5) is 34.2. The van der Waals surface area contributed by atoms with Crippen molar-refractivity contribution in [3.05, 3.63) is 89.7 Å². The Kier molecular flexibility index (Phi) is 6.87. The second-order valence-electron chi connectivity index (χ2n) is 7.47. The first-order valence-electron chi connectivity index (χ1n) is 10.4. The van der Waals surface area contributed by atoms with Crippen LogP contribution in [0.25, 0.3) is 0 Å². The average Bonchev–Trinajstić information content (AvgIpc) is 2.85. The molecule has 0 bridgehead atoms. The van der Waals surface area contributed by atoms with Gasteiger partial charge in [-0.05, 0) is 42.0 Å². The molecule has 1 aromatic heterocycles. The molecule has 1 atom stereocenters. The number of benzene rings is 2. The van der Waals surface area contributed by atoms with Gasteiger partial charge in [0.05, 0.1) is 0 Å². The Hall–Kier alpha value is -3.58. The number of urea groups is 1. The number of aromatic nitrogens is 1. The minimum atomic E-state index is -0.782. The monoisotopic (exact) mass is 449 g/mol. The summed E-state index contributed by atoms with van der Waals surface area (Å²) < 4.78 is 0. The summed E-state index contributed by atoms with van der Waals surface area (Å²) in [5.41, 5.74) is 2.42. The van der Waals surface area contributed by atoms with Crippen LogP contribution >= 0.6 is 11.6 Å². The first kappa shape index (κ1) is 21.6. The highest BCUT2D eigenvalue weighted by atomic mass is 35.5. The molecular weight excluding hydrogens is 426 g/mol. The standard InChI is InChI=1S/C24H24ClN5O2/c25-19-6-8-20(9-7-19)27-24(32)28-22(18-4-2-1-3-5-18)23(31)30-16-14-29(15-17-30)21-10-12-26-13-11-21/h1-13,22H,14-17H2,(H2,27,28,32)/t22-/m1/s1. The van der Waals surface area contributed by atoms with Crippen LogP contribution in [0.5, 0.6) is 0 Å². The van der Waals surface area contributed by atoms with Crippen molar-refractivity contribution < 1.29 is 9.59 Å². The lowest BCUT2D eigenvalue weighted by molar-refractivity contribution is -0.133. The van der Waals surface area contributed by atoms with Crippen LogP contribution in [0.2, 0.25) is 5.02 Å². The summed E-state index contributed by atoms with van der Waals surface area (Å²) in [5.74, 6) is -0.128. The van der Waals surface area contributed by atoms with Crippen LogP contribution in [-0.2, 0) is 4.79 Å². The van der Waals surface area contributed by atoms with Gasteiger partial charge in [-0.3, -0.25) is 9.78 Å². The zero-order valence-corrected chi connectivity index (χ0v) is 18.2. The van der Waals surface area contributed by atoms with Crippen LogP contribution in [0, 0.1) is 0 Å². The van der Waals surface area contributed by atoms with Crippen molar-refractivity contribution in [2.24, 2.45) is 0 Å². The van der Waals surface area contributed by atoms with Gasteiger partial charge < -0.3 is 20.4 Å². The van der Waals surface area contributed by atoms with Gasteiger partial charge in [-0.2, -0.15) is 0 Å². The normalized spacial score (nSPS) is 14.5. The van der Waals surface area contributed by atoms with Crippen LogP contribution in [-0.4, -0.2) is 48.0 Å². The highest BCUT2D eigenvalue weighted by molar-refractivity contribution is 6.30. The molecule has 3 aromatic rings. The molecule has 3 amide bonds. The van der Waals surface area contributed by atoms with Gasteiger partial charge in [0.25, 0.3) is 0 Å². The summed E-state index contributed by atoms with van der Waals surface area (Å²) in [5, 5.41) is 6.19. The molecule has 4 rings (SSSR count). The van der Waals surface area contributed by atoms with E-state index in [0.29, 0.717) is 36.9 Å². The van der Waals surface area contributed by atoms with Crippen molar-refractivity contribution in [3.8, 4) is 0 Å². The van der Waals surface area contributed by atoms with E-state index in [2.05, 4.69) is 20.5 Å². The van der Waals surface area contributed by atoms with Gasteiger partial charge in [0.15, 0.2) is 0 Å². The largest absolute Gasteiger partial charge is 0.368 e. The number of nitrogens with one attached hydrogen (secondary N) is 2. The maximum atomic E-state index is 13.4. The molecule has 1 saturated heterocycles. The van der Waals surface area contributed by atoms with E-state index in [4.69, 9.17) is 11.6 Å². The second kappa shape index (κ2) is 10.2. The molecule has 2 aromatic carbocycles. The quantitative estimate of drug-likeness (QED) is 0.618. The maximum Gasteiger partial charge on any atom is 0.320 e. The lowest BCUT2D eigenvalue weighted by atomic mass is 10.1. The molecule has 2 heterocycles. The van der Waals surface area contributed by atoms with E-state index in [9.17, 15) is 9.59 Å². The second-order valence-corrected chi connectivity index (χ2v) is 7.90. The number of carbonyl (C=O) groups is 2. The van der Waals surface area contributed by atoms with E-state index in [-0.39, 0.29) is 5.91 Å². The topological polar surface area (TPSA) is 77.6 Å². The Balaban J connectivity index is 1.44. The Bertz CT molecular complexity index is 1040. The Labute approximate surface area is 192 Å². The third kappa shape index (κ3) is 5.36. The van der Waals surface area contributed by atoms with Crippen molar-refractivity contribution in [1.29, 1.82) is 0 Å². The lowest BCUT2D eigenvalue weighted by Crippen LogP contribution is -2.52. The molecule has 0 radical (unpaired) electrons. The molecule has 0 unspecified atom stereocenters. The first-order chi connectivity index (χ1) is 15.6. The number of halogens is 1. The predicted molar refractivity (Wildman–Crippen MR) is 126 cm³/mol. The van der Waals surface area contributed by atoms with Crippen LogP contribution < -0.4 is 15.5 Å². The number of piperazine rings is 1. The summed E-state index contributed by atoms with van der Waals surface area (Å²) in [6.45, 7) is 2.58. The molecule has 164 valence electrons. The van der Waals surface area contributed by atoms with E-state index in [1.165, 1.54) is 0 Å². The Morgan fingerprint density at radius 2 is 1.53 bits per heavy atom. The van der Waals surface area contributed by atoms with Crippen molar-refractivity contribution in [2.45, 2.75) is 6.04 Å². The van der Waals surface area contributed by atoms with Crippen molar-refractivity contribution in [1.82, 2.24) is 15.2 Å². The minimum Gasteiger partial charge on any atom is -0.368 e. The van der Waals surface area contributed by atoms with Gasteiger partial charge in [-0.25, -0.2) is 4.79 Å². The number of amides is 3. The molecule has 2 N–H and O–H groups in total. The van der Waals surface area contributed by atoms with Gasteiger partial charge in [-0.1, -0.05) is 41.9 Å². The van der Waals surface area contributed by atoms with Crippen molar-refractivity contribution >= 4 is 34.9 Å². The van der Waals surface area contributed by atoms with Crippen LogP contribution in [0.3, 0.4) is 0 Å². The third-order valence-corrected chi connectivity index (χ3v) is 5.63. The fourth-order valence-corrected chi connectivity index (χ4v) is 3.81. The smallest absolute Gasteiger partial charge is 0.320 e.